The van der Waals surface area contributed by atoms with E-state index in [0.29, 0.717) is 19.3 Å². The first-order valence-corrected chi connectivity index (χ1v) is 40.3. The molecule has 98 heavy (non-hydrogen) atoms. The first-order valence-electron chi connectivity index (χ1n) is 38.8. The number of ether oxygens (including phenoxy) is 7. The molecular weight excluding hydrogens is 1290 g/mol. The number of rotatable bonds is 61. The Labute approximate surface area is 587 Å². The molecule has 25 heteroatoms. The predicted molar refractivity (Wildman–Crippen MR) is 370 cm³/mol. The number of phosphoric ester groups is 1. The van der Waals surface area contributed by atoms with Crippen molar-refractivity contribution in [1.29, 1.82) is 0 Å². The van der Waals surface area contributed by atoms with Crippen LogP contribution in [-0.4, -0.2) is 204 Å². The van der Waals surface area contributed by atoms with Crippen LogP contribution in [-0.2, 0) is 61.2 Å². The lowest BCUT2D eigenvalue weighted by Crippen LogP contribution is -2.69. The van der Waals surface area contributed by atoms with Gasteiger partial charge in [0.1, 0.15) is 98.7 Å². The zero-order valence-corrected chi connectivity index (χ0v) is 61.2. The largest absolute Gasteiger partial charge is 0.472 e. The van der Waals surface area contributed by atoms with Gasteiger partial charge in [0.25, 0.3) is 0 Å². The van der Waals surface area contributed by atoms with Crippen molar-refractivity contribution < 1.29 is 117 Å². The molecule has 0 aromatic heterocycles. The average Bonchev–Trinajstić information content (AvgIpc) is 0.761. The maximum atomic E-state index is 14.3. The second-order valence-corrected chi connectivity index (χ2v) is 29.5. The Morgan fingerprint density at radius 2 is 0.653 bits per heavy atom. The number of esters is 3. The van der Waals surface area contributed by atoms with Gasteiger partial charge in [-0.1, -0.05) is 278 Å². The SMILES string of the molecule is CCCCCCCCCCCCCCCCCC(=O)OCC1OC(OC2C(O)C(O)C(O)C(OC3OC(CO)C(O)C(O)C3O)C2OP(=O)(O)OCC(COC(=O)CCCCCCCCCCCCCCC)OC(=O)CCCCCCCCCCCCCCCCC)C(O)C(O)C1O. The van der Waals surface area contributed by atoms with E-state index in [1.54, 1.807) is 0 Å². The van der Waals surface area contributed by atoms with Crippen molar-refractivity contribution in [2.24, 2.45) is 0 Å². The standard InChI is InChI=1S/C73H137O24P/c1-4-7-10-13-16-19-22-25-27-30-33-36-39-42-45-48-58(76)90-53-56-61(79)63(81)68(86)73(94-56)96-70-66(84)64(82)65(83)69(95-72-67(85)62(80)60(78)55(50-74)93-72)71(70)97-98(87,88)91-52-54(51-89-57(75)47-44-41-38-35-32-29-24-21-18-15-12-9-6-3)92-59(77)49-46-43-40-37-34-31-28-26-23-20-17-14-11-8-5-2/h54-56,60-74,78-86H,4-53H2,1-3H3,(H,87,88). The van der Waals surface area contributed by atoms with Crippen molar-refractivity contribution in [3.8, 4) is 0 Å². The molecule has 2 heterocycles. The van der Waals surface area contributed by atoms with Crippen LogP contribution in [0.4, 0.5) is 0 Å². The number of phosphoric acid groups is 1. The number of aliphatic hydroxyl groups is 10. The fourth-order valence-electron chi connectivity index (χ4n) is 13.1. The minimum Gasteiger partial charge on any atom is -0.463 e. The highest BCUT2D eigenvalue weighted by Crippen LogP contribution is 2.49. The van der Waals surface area contributed by atoms with Crippen LogP contribution in [0.2, 0.25) is 0 Å². The van der Waals surface area contributed by atoms with Crippen LogP contribution in [0.15, 0.2) is 0 Å². The summed E-state index contributed by atoms with van der Waals surface area (Å²) in [5, 5.41) is 110. The van der Waals surface area contributed by atoms with Gasteiger partial charge in [0.05, 0.1) is 13.2 Å². The lowest BCUT2D eigenvalue weighted by molar-refractivity contribution is -0.360. The minimum absolute atomic E-state index is 0.0330. The second kappa shape index (κ2) is 55.4. The molecule has 24 nitrogen and oxygen atoms in total. The third-order valence-electron chi connectivity index (χ3n) is 19.4. The lowest BCUT2D eigenvalue weighted by Gasteiger charge is -2.49. The minimum atomic E-state index is -5.69. The van der Waals surface area contributed by atoms with Gasteiger partial charge < -0.3 is 89.1 Å². The second-order valence-electron chi connectivity index (χ2n) is 28.1. The molecule has 3 aliphatic rings. The molecule has 3 fully saturated rings. The Bertz CT molecular complexity index is 2030. The topological polar surface area (TPSA) is 374 Å². The van der Waals surface area contributed by atoms with Crippen LogP contribution in [0.1, 0.15) is 316 Å². The Hall–Kier alpha value is -2.04. The Kier molecular flexibility index (Phi) is 51.0. The highest BCUT2D eigenvalue weighted by Gasteiger charge is 2.58. The Morgan fingerprint density at radius 3 is 1.00 bits per heavy atom. The molecule has 3 rings (SSSR count). The third kappa shape index (κ3) is 38.1. The van der Waals surface area contributed by atoms with Crippen LogP contribution < -0.4 is 0 Å². The quantitative estimate of drug-likeness (QED) is 0.0117. The summed E-state index contributed by atoms with van der Waals surface area (Å²) in [6.45, 7) is 3.48. The van der Waals surface area contributed by atoms with Crippen molar-refractivity contribution in [2.45, 2.75) is 420 Å². The van der Waals surface area contributed by atoms with Gasteiger partial charge in [0.15, 0.2) is 18.7 Å². The zero-order chi connectivity index (χ0) is 71.8. The normalized spacial score (nSPS) is 27.6. The Morgan fingerprint density at radius 1 is 0.357 bits per heavy atom. The molecular formula is C73H137O24P. The van der Waals surface area contributed by atoms with Crippen LogP contribution >= 0.6 is 7.82 Å². The zero-order valence-electron chi connectivity index (χ0n) is 60.3. The van der Waals surface area contributed by atoms with Gasteiger partial charge in [-0.25, -0.2) is 4.57 Å². The number of unbranched alkanes of at least 4 members (excludes halogenated alkanes) is 40. The average molecular weight is 1430 g/mol. The molecule has 11 N–H and O–H groups in total. The van der Waals surface area contributed by atoms with E-state index in [0.717, 1.165) is 89.9 Å². The van der Waals surface area contributed by atoms with Crippen molar-refractivity contribution in [3.05, 3.63) is 0 Å². The molecule has 0 bridgehead atoms. The van der Waals surface area contributed by atoms with Crippen molar-refractivity contribution in [2.75, 3.05) is 26.4 Å². The summed E-state index contributed by atoms with van der Waals surface area (Å²) >= 11 is 0. The summed E-state index contributed by atoms with van der Waals surface area (Å²) in [5.74, 6) is -1.97. The highest BCUT2D eigenvalue weighted by atomic mass is 31.2. The van der Waals surface area contributed by atoms with Crippen LogP contribution in [0, 0.1) is 0 Å². The number of carbonyl (C=O) groups excluding carboxylic acids is 3. The molecule has 1 saturated carbocycles. The van der Waals surface area contributed by atoms with Crippen LogP contribution in [0.5, 0.6) is 0 Å². The van der Waals surface area contributed by atoms with E-state index in [4.69, 9.17) is 42.2 Å². The maximum absolute atomic E-state index is 14.3. The van der Waals surface area contributed by atoms with E-state index in [2.05, 4.69) is 20.8 Å². The molecule has 0 spiro atoms. The van der Waals surface area contributed by atoms with Gasteiger partial charge in [-0.05, 0) is 19.3 Å². The smallest absolute Gasteiger partial charge is 0.463 e. The molecule has 2 aliphatic heterocycles. The van der Waals surface area contributed by atoms with E-state index in [9.17, 15) is 74.9 Å². The van der Waals surface area contributed by atoms with E-state index in [1.807, 2.05) is 0 Å². The lowest BCUT2D eigenvalue weighted by atomic mass is 9.84. The van der Waals surface area contributed by atoms with Crippen molar-refractivity contribution in [1.82, 2.24) is 0 Å². The molecule has 0 aromatic carbocycles. The molecule has 18 atom stereocenters. The first-order chi connectivity index (χ1) is 47.3. The summed E-state index contributed by atoms with van der Waals surface area (Å²) < 4.78 is 65.1. The van der Waals surface area contributed by atoms with Crippen LogP contribution in [0.3, 0.4) is 0 Å². The van der Waals surface area contributed by atoms with E-state index in [1.165, 1.54) is 167 Å². The van der Waals surface area contributed by atoms with Gasteiger partial charge in [0, 0.05) is 19.3 Å². The summed E-state index contributed by atoms with van der Waals surface area (Å²) in [7, 11) is -5.69. The maximum Gasteiger partial charge on any atom is 0.472 e. The molecule has 0 radical (unpaired) electrons. The van der Waals surface area contributed by atoms with Crippen molar-refractivity contribution >= 4 is 25.7 Å². The first kappa shape index (κ1) is 90.2. The molecule has 0 amide bonds. The molecule has 18 unspecified atom stereocenters. The van der Waals surface area contributed by atoms with Gasteiger partial charge in [-0.15, -0.1) is 0 Å². The summed E-state index contributed by atoms with van der Waals surface area (Å²) in [5.41, 5.74) is 0. The van der Waals surface area contributed by atoms with Crippen LogP contribution in [0.25, 0.3) is 0 Å². The monoisotopic (exact) mass is 1430 g/mol. The van der Waals surface area contributed by atoms with E-state index < -0.39 is 156 Å². The predicted octanol–water partition coefficient (Wildman–Crippen LogP) is 11.0. The molecule has 2 saturated heterocycles. The van der Waals surface area contributed by atoms with Gasteiger partial charge in [-0.2, -0.15) is 0 Å². The van der Waals surface area contributed by atoms with E-state index >= 15 is 0 Å². The summed E-state index contributed by atoms with van der Waals surface area (Å²) in [4.78, 5) is 51.0. The number of carbonyl (C=O) groups is 3. The third-order valence-corrected chi connectivity index (χ3v) is 20.4. The molecule has 578 valence electrons. The summed E-state index contributed by atoms with van der Waals surface area (Å²) in [6, 6.07) is 0. The van der Waals surface area contributed by atoms with Gasteiger partial charge >= 0.3 is 25.7 Å². The van der Waals surface area contributed by atoms with Gasteiger partial charge in [-0.3, -0.25) is 23.4 Å². The fraction of sp³-hybridized carbons (Fsp3) is 0.959. The molecule has 1 aliphatic carbocycles. The highest BCUT2D eigenvalue weighted by molar-refractivity contribution is 7.47. The van der Waals surface area contributed by atoms with Crippen molar-refractivity contribution in [3.63, 3.8) is 0 Å². The molecule has 0 aromatic rings. The Balaban J connectivity index is 1.72. The fourth-order valence-corrected chi connectivity index (χ4v) is 14.0. The number of hydrogen-bond donors (Lipinski definition) is 11. The number of hydrogen-bond acceptors (Lipinski definition) is 23. The number of aliphatic hydroxyl groups excluding tert-OH is 10. The van der Waals surface area contributed by atoms with E-state index in [-0.39, 0.29) is 19.3 Å². The van der Waals surface area contributed by atoms with Gasteiger partial charge in [0.2, 0.25) is 0 Å². The summed E-state index contributed by atoms with van der Waals surface area (Å²) in [6.07, 6.45) is 13.0.